The number of fused-ring (bicyclic) bond motifs is 3. The number of rotatable bonds is 3. The molecule has 4 aliphatic heterocycles. The van der Waals surface area contributed by atoms with E-state index in [0.29, 0.717) is 35.7 Å². The van der Waals surface area contributed by atoms with Crippen molar-refractivity contribution in [2.75, 3.05) is 11.4 Å². The highest BCUT2D eigenvalue weighted by atomic mass is 16.2. The summed E-state index contributed by atoms with van der Waals surface area (Å²) in [7, 11) is 0. The molecule has 3 N–H and O–H groups in total. The Kier molecular flexibility index (Phi) is 4.20. The summed E-state index contributed by atoms with van der Waals surface area (Å²) in [6.45, 7) is 0.707. The number of benzene rings is 1. The molecule has 4 heterocycles. The lowest BCUT2D eigenvalue weighted by Gasteiger charge is -2.40. The predicted octanol–water partition coefficient (Wildman–Crippen LogP) is 0.794. The van der Waals surface area contributed by atoms with Gasteiger partial charge in [-0.1, -0.05) is 0 Å². The van der Waals surface area contributed by atoms with Crippen LogP contribution in [0.15, 0.2) is 18.2 Å². The fraction of sp³-hybridized carbons (Fsp3) is 0.524. The summed E-state index contributed by atoms with van der Waals surface area (Å²) >= 11 is 0. The molecule has 1 aromatic rings. The van der Waals surface area contributed by atoms with Crippen LogP contribution in [0.3, 0.4) is 0 Å². The Balaban J connectivity index is 1.43. The van der Waals surface area contributed by atoms with E-state index in [9.17, 15) is 19.2 Å². The summed E-state index contributed by atoms with van der Waals surface area (Å²) < 4.78 is 0. The fourth-order valence-corrected chi connectivity index (χ4v) is 5.52. The molecule has 0 saturated carbocycles. The third kappa shape index (κ3) is 2.77. The topological polar surface area (TPSA) is 113 Å². The van der Waals surface area contributed by atoms with Crippen LogP contribution in [0.4, 0.5) is 5.69 Å². The summed E-state index contributed by atoms with van der Waals surface area (Å²) in [5.41, 5.74) is 7.52. The SMILES string of the molecule is NCC1C[C@H]2CC[C@@H](C1)N2c1ccc2c(c1)C(=O)N(C1CCC(=O)NC1=O)C2=O. The highest BCUT2D eigenvalue weighted by Crippen LogP contribution is 2.42. The average Bonchev–Trinajstić information content (AvgIpc) is 3.11. The van der Waals surface area contributed by atoms with Crippen molar-refractivity contribution in [2.45, 2.75) is 56.7 Å². The number of nitrogens with zero attached hydrogens (tertiary/aromatic N) is 2. The van der Waals surface area contributed by atoms with Crippen LogP contribution in [0.1, 0.15) is 59.2 Å². The van der Waals surface area contributed by atoms with E-state index in [1.54, 1.807) is 12.1 Å². The predicted molar refractivity (Wildman–Crippen MR) is 104 cm³/mol. The van der Waals surface area contributed by atoms with Crippen LogP contribution in [-0.2, 0) is 9.59 Å². The summed E-state index contributed by atoms with van der Waals surface area (Å²) in [6.07, 6.45) is 4.63. The van der Waals surface area contributed by atoms with E-state index in [2.05, 4.69) is 10.2 Å². The monoisotopic (exact) mass is 396 g/mol. The van der Waals surface area contributed by atoms with E-state index in [1.165, 1.54) is 0 Å². The van der Waals surface area contributed by atoms with Gasteiger partial charge in [0.25, 0.3) is 11.8 Å². The van der Waals surface area contributed by atoms with E-state index in [0.717, 1.165) is 36.3 Å². The Morgan fingerprint density at radius 2 is 1.66 bits per heavy atom. The van der Waals surface area contributed by atoms with E-state index in [4.69, 9.17) is 5.73 Å². The van der Waals surface area contributed by atoms with Gasteiger partial charge in [-0.25, -0.2) is 0 Å². The zero-order valence-electron chi connectivity index (χ0n) is 16.1. The summed E-state index contributed by atoms with van der Waals surface area (Å²) in [4.78, 5) is 52.9. The van der Waals surface area contributed by atoms with Crippen LogP contribution in [0.2, 0.25) is 0 Å². The van der Waals surface area contributed by atoms with Gasteiger partial charge in [0.1, 0.15) is 6.04 Å². The second kappa shape index (κ2) is 6.66. The zero-order chi connectivity index (χ0) is 20.3. The molecule has 0 aromatic heterocycles. The highest BCUT2D eigenvalue weighted by molar-refractivity contribution is 6.23. The van der Waals surface area contributed by atoms with E-state index >= 15 is 0 Å². The minimum Gasteiger partial charge on any atom is -0.366 e. The third-order valence-corrected chi connectivity index (χ3v) is 6.89. The molecule has 0 spiro atoms. The average molecular weight is 396 g/mol. The van der Waals surface area contributed by atoms with Gasteiger partial charge >= 0.3 is 0 Å². The quantitative estimate of drug-likeness (QED) is 0.731. The molecular formula is C21H24N4O4. The molecule has 3 saturated heterocycles. The van der Waals surface area contributed by atoms with Crippen LogP contribution in [0.25, 0.3) is 0 Å². The summed E-state index contributed by atoms with van der Waals surface area (Å²) in [5, 5.41) is 2.22. The standard InChI is InChI=1S/C21H24N4O4/c22-10-11-7-12-1-2-13(8-11)24(12)14-3-4-15-16(9-14)21(29)25(20(15)28)17-5-6-18(26)23-19(17)27/h3-4,9,11-13,17H,1-2,5-8,10,22H2,(H,23,26,27)/t11?,12-,13+,17?. The molecular weight excluding hydrogens is 372 g/mol. The number of carbonyl (C=O) groups is 4. The van der Waals surface area contributed by atoms with Gasteiger partial charge in [0.15, 0.2) is 0 Å². The first-order valence-electron chi connectivity index (χ1n) is 10.3. The number of hydrogen-bond donors (Lipinski definition) is 2. The highest BCUT2D eigenvalue weighted by Gasteiger charge is 2.46. The molecule has 1 aromatic carbocycles. The lowest BCUT2D eigenvalue weighted by molar-refractivity contribution is -0.136. The van der Waals surface area contributed by atoms with Crippen molar-refractivity contribution < 1.29 is 19.2 Å². The fourth-order valence-electron chi connectivity index (χ4n) is 5.52. The zero-order valence-corrected chi connectivity index (χ0v) is 16.1. The lowest BCUT2D eigenvalue weighted by Crippen LogP contribution is -2.54. The molecule has 4 atom stereocenters. The minimum absolute atomic E-state index is 0.120. The Labute approximate surface area is 168 Å². The molecule has 4 aliphatic rings. The van der Waals surface area contributed by atoms with Crippen LogP contribution < -0.4 is 16.0 Å². The van der Waals surface area contributed by atoms with Gasteiger partial charge in [-0.2, -0.15) is 0 Å². The maximum atomic E-state index is 13.1. The van der Waals surface area contributed by atoms with E-state index in [-0.39, 0.29) is 18.7 Å². The second-order valence-electron chi connectivity index (χ2n) is 8.54. The van der Waals surface area contributed by atoms with Gasteiger partial charge in [-0.15, -0.1) is 0 Å². The van der Waals surface area contributed by atoms with Gasteiger partial charge < -0.3 is 10.6 Å². The molecule has 3 fully saturated rings. The molecule has 8 heteroatoms. The van der Waals surface area contributed by atoms with Gasteiger partial charge in [0.05, 0.1) is 11.1 Å². The van der Waals surface area contributed by atoms with Crippen LogP contribution in [-0.4, -0.2) is 53.2 Å². The molecule has 4 amide bonds. The number of nitrogens with two attached hydrogens (primary N) is 1. The van der Waals surface area contributed by atoms with Crippen LogP contribution in [0, 0.1) is 5.92 Å². The van der Waals surface area contributed by atoms with Crippen molar-refractivity contribution in [1.82, 2.24) is 10.2 Å². The molecule has 8 nitrogen and oxygen atoms in total. The Hall–Kier alpha value is -2.74. The van der Waals surface area contributed by atoms with Crippen molar-refractivity contribution in [2.24, 2.45) is 11.7 Å². The molecule has 2 unspecified atom stereocenters. The first-order chi connectivity index (χ1) is 14.0. The lowest BCUT2D eigenvalue weighted by atomic mass is 9.90. The van der Waals surface area contributed by atoms with Gasteiger partial charge in [-0.05, 0) is 62.8 Å². The maximum absolute atomic E-state index is 13.1. The Bertz CT molecular complexity index is 915. The van der Waals surface area contributed by atoms with Crippen LogP contribution >= 0.6 is 0 Å². The first-order valence-corrected chi connectivity index (χ1v) is 10.3. The number of amides is 4. The number of carbonyl (C=O) groups excluding carboxylic acids is 4. The van der Waals surface area contributed by atoms with Gasteiger partial charge in [-0.3, -0.25) is 29.4 Å². The number of piperidine rings is 2. The van der Waals surface area contributed by atoms with Crippen molar-refractivity contribution >= 4 is 29.3 Å². The molecule has 152 valence electrons. The second-order valence-corrected chi connectivity index (χ2v) is 8.54. The van der Waals surface area contributed by atoms with Crippen LogP contribution in [0.5, 0.6) is 0 Å². The maximum Gasteiger partial charge on any atom is 0.262 e. The van der Waals surface area contributed by atoms with Crippen molar-refractivity contribution in [3.05, 3.63) is 29.3 Å². The Morgan fingerprint density at radius 1 is 0.966 bits per heavy atom. The first kappa shape index (κ1) is 18.3. The van der Waals surface area contributed by atoms with E-state index in [1.807, 2.05) is 6.07 Å². The number of imide groups is 2. The van der Waals surface area contributed by atoms with Crippen molar-refractivity contribution in [1.29, 1.82) is 0 Å². The number of anilines is 1. The van der Waals surface area contributed by atoms with Crippen molar-refractivity contribution in [3.63, 3.8) is 0 Å². The molecule has 29 heavy (non-hydrogen) atoms. The molecule has 0 aliphatic carbocycles. The minimum atomic E-state index is -0.931. The number of hydrogen-bond acceptors (Lipinski definition) is 6. The number of nitrogens with one attached hydrogen (secondary N) is 1. The molecule has 5 rings (SSSR count). The van der Waals surface area contributed by atoms with Crippen molar-refractivity contribution in [3.8, 4) is 0 Å². The Morgan fingerprint density at radius 3 is 2.31 bits per heavy atom. The van der Waals surface area contributed by atoms with E-state index < -0.39 is 23.8 Å². The largest absolute Gasteiger partial charge is 0.366 e. The summed E-state index contributed by atoms with van der Waals surface area (Å²) in [6, 6.07) is 5.31. The summed E-state index contributed by atoms with van der Waals surface area (Å²) in [5.74, 6) is -1.33. The third-order valence-electron chi connectivity index (χ3n) is 6.89. The smallest absolute Gasteiger partial charge is 0.262 e. The van der Waals surface area contributed by atoms with Gasteiger partial charge in [0, 0.05) is 24.2 Å². The van der Waals surface area contributed by atoms with Gasteiger partial charge in [0.2, 0.25) is 11.8 Å². The normalized spacial score (nSPS) is 31.3. The molecule has 0 radical (unpaired) electrons. The molecule has 2 bridgehead atoms.